The average molecular weight is 538 g/mol. The number of benzene rings is 2. The molecule has 0 radical (unpaired) electrons. The fourth-order valence-electron chi connectivity index (χ4n) is 4.75. The molecule has 0 aliphatic heterocycles. The SMILES string of the molecule is COc1ccc(Cl)c(OC)c1-c1nn(C)c(=NC2(c3c(OC)ccc(Cl)c3OC)CCCCC2)s1. The number of ether oxygens (including phenoxy) is 4. The molecule has 7 nitrogen and oxygen atoms in total. The summed E-state index contributed by atoms with van der Waals surface area (Å²) in [6.07, 6.45) is 4.91. The third kappa shape index (κ3) is 4.71. The Hall–Kier alpha value is -2.42. The first-order valence-corrected chi connectivity index (χ1v) is 12.9. The monoisotopic (exact) mass is 537 g/mol. The van der Waals surface area contributed by atoms with E-state index in [0.717, 1.165) is 42.5 Å². The van der Waals surface area contributed by atoms with Gasteiger partial charge >= 0.3 is 0 Å². The van der Waals surface area contributed by atoms with Gasteiger partial charge in [0.25, 0.3) is 0 Å². The van der Waals surface area contributed by atoms with E-state index in [0.29, 0.717) is 43.6 Å². The van der Waals surface area contributed by atoms with E-state index < -0.39 is 5.54 Å². The molecule has 188 valence electrons. The van der Waals surface area contributed by atoms with Gasteiger partial charge in [0.1, 0.15) is 17.2 Å². The van der Waals surface area contributed by atoms with Crippen LogP contribution in [0.1, 0.15) is 37.7 Å². The van der Waals surface area contributed by atoms with Gasteiger partial charge in [-0.05, 0) is 37.1 Å². The first-order chi connectivity index (χ1) is 16.9. The lowest BCUT2D eigenvalue weighted by Crippen LogP contribution is -2.32. The fourth-order valence-corrected chi connectivity index (χ4v) is 6.24. The molecule has 0 amide bonds. The molecule has 1 fully saturated rings. The zero-order chi connectivity index (χ0) is 25.2. The van der Waals surface area contributed by atoms with Gasteiger partial charge in [-0.1, -0.05) is 53.8 Å². The van der Waals surface area contributed by atoms with Crippen LogP contribution in [0.5, 0.6) is 23.0 Å². The maximum atomic E-state index is 6.56. The Kier molecular flexibility index (Phi) is 7.83. The van der Waals surface area contributed by atoms with Crippen molar-refractivity contribution < 1.29 is 18.9 Å². The molecule has 0 spiro atoms. The molecule has 3 aromatic rings. The third-order valence-corrected chi connectivity index (χ3v) is 7.98. The molecular formula is C25H29Cl2N3O4S. The van der Waals surface area contributed by atoms with Gasteiger partial charge in [-0.15, -0.1) is 0 Å². The van der Waals surface area contributed by atoms with E-state index in [1.807, 2.05) is 19.2 Å². The molecule has 1 saturated carbocycles. The smallest absolute Gasteiger partial charge is 0.204 e. The van der Waals surface area contributed by atoms with Crippen LogP contribution in [0.15, 0.2) is 29.3 Å². The Bertz CT molecular complexity index is 1280. The van der Waals surface area contributed by atoms with Crippen molar-refractivity contribution in [1.29, 1.82) is 0 Å². The molecular weight excluding hydrogens is 509 g/mol. The number of aryl methyl sites for hydroxylation is 1. The van der Waals surface area contributed by atoms with Crippen molar-refractivity contribution in [3.05, 3.63) is 44.7 Å². The Labute approximate surface area is 219 Å². The van der Waals surface area contributed by atoms with Gasteiger partial charge in [0.05, 0.1) is 55.2 Å². The highest BCUT2D eigenvalue weighted by molar-refractivity contribution is 7.12. The number of hydrogen-bond donors (Lipinski definition) is 0. The Balaban J connectivity index is 1.96. The van der Waals surface area contributed by atoms with Crippen molar-refractivity contribution in [2.75, 3.05) is 28.4 Å². The van der Waals surface area contributed by atoms with Crippen LogP contribution in [0.4, 0.5) is 0 Å². The fraction of sp³-hybridized carbons (Fsp3) is 0.440. The molecule has 0 N–H and O–H groups in total. The van der Waals surface area contributed by atoms with E-state index in [2.05, 4.69) is 0 Å². The highest BCUT2D eigenvalue weighted by Crippen LogP contribution is 2.50. The lowest BCUT2D eigenvalue weighted by molar-refractivity contribution is 0.271. The summed E-state index contributed by atoms with van der Waals surface area (Å²) in [5.41, 5.74) is 1.01. The molecule has 1 heterocycles. The molecule has 10 heteroatoms. The average Bonchev–Trinajstić information content (AvgIpc) is 3.23. The van der Waals surface area contributed by atoms with Crippen molar-refractivity contribution >= 4 is 34.5 Å². The van der Waals surface area contributed by atoms with Crippen LogP contribution in [-0.4, -0.2) is 38.2 Å². The quantitative estimate of drug-likeness (QED) is 0.356. The molecule has 1 aliphatic rings. The molecule has 0 saturated heterocycles. The van der Waals surface area contributed by atoms with Crippen LogP contribution in [0.25, 0.3) is 10.6 Å². The molecule has 0 bridgehead atoms. The second-order valence-electron chi connectivity index (χ2n) is 8.33. The van der Waals surface area contributed by atoms with Gasteiger partial charge in [0.2, 0.25) is 4.80 Å². The summed E-state index contributed by atoms with van der Waals surface area (Å²) in [5.74, 6) is 2.44. The summed E-state index contributed by atoms with van der Waals surface area (Å²) < 4.78 is 24.5. The van der Waals surface area contributed by atoms with Crippen LogP contribution in [-0.2, 0) is 12.6 Å². The summed E-state index contributed by atoms with van der Waals surface area (Å²) >= 11 is 14.4. The number of nitrogens with zero attached hydrogens (tertiary/aromatic N) is 3. The predicted molar refractivity (Wildman–Crippen MR) is 140 cm³/mol. The highest BCUT2D eigenvalue weighted by atomic mass is 35.5. The van der Waals surface area contributed by atoms with E-state index >= 15 is 0 Å². The van der Waals surface area contributed by atoms with E-state index in [-0.39, 0.29) is 0 Å². The third-order valence-electron chi connectivity index (χ3n) is 6.37. The first kappa shape index (κ1) is 25.7. The van der Waals surface area contributed by atoms with E-state index in [1.165, 1.54) is 11.3 Å². The van der Waals surface area contributed by atoms with Crippen LogP contribution < -0.4 is 23.7 Å². The van der Waals surface area contributed by atoms with Crippen LogP contribution in [0.3, 0.4) is 0 Å². The maximum Gasteiger partial charge on any atom is 0.204 e. The zero-order valence-electron chi connectivity index (χ0n) is 20.5. The van der Waals surface area contributed by atoms with Crippen molar-refractivity contribution in [1.82, 2.24) is 9.78 Å². The zero-order valence-corrected chi connectivity index (χ0v) is 22.8. The number of methoxy groups -OCH3 is 4. The van der Waals surface area contributed by atoms with Crippen LogP contribution >= 0.6 is 34.5 Å². The number of halogens is 2. The molecule has 0 unspecified atom stereocenters. The lowest BCUT2D eigenvalue weighted by atomic mass is 9.76. The van der Waals surface area contributed by atoms with Crippen molar-refractivity contribution in [2.45, 2.75) is 37.6 Å². The van der Waals surface area contributed by atoms with Crippen molar-refractivity contribution in [3.8, 4) is 33.6 Å². The van der Waals surface area contributed by atoms with Crippen LogP contribution in [0, 0.1) is 0 Å². The van der Waals surface area contributed by atoms with E-state index in [9.17, 15) is 0 Å². The lowest BCUT2D eigenvalue weighted by Gasteiger charge is -2.36. The summed E-state index contributed by atoms with van der Waals surface area (Å²) in [6, 6.07) is 7.23. The van der Waals surface area contributed by atoms with Gasteiger partial charge in [0, 0.05) is 7.05 Å². The molecule has 4 rings (SSSR count). The minimum absolute atomic E-state index is 0.483. The summed E-state index contributed by atoms with van der Waals surface area (Å²) in [4.78, 5) is 6.09. The van der Waals surface area contributed by atoms with Gasteiger partial charge in [-0.25, -0.2) is 9.67 Å². The first-order valence-electron chi connectivity index (χ1n) is 11.3. The van der Waals surface area contributed by atoms with E-state index in [1.54, 1.807) is 45.3 Å². The second-order valence-corrected chi connectivity index (χ2v) is 10.1. The standard InChI is InChI=1S/C25H29Cl2N3O4S/c1-30-24(35-23(29-30)19-17(31-2)11-9-15(26)21(19)33-4)28-25(13-7-6-8-14-25)20-18(32-3)12-10-16(27)22(20)34-5/h9-12H,6-8,13-14H2,1-5H3. The number of aromatic nitrogens is 2. The molecule has 1 aliphatic carbocycles. The molecule has 35 heavy (non-hydrogen) atoms. The Morgan fingerprint density at radius 3 is 2.06 bits per heavy atom. The topological polar surface area (TPSA) is 67.1 Å². The summed E-state index contributed by atoms with van der Waals surface area (Å²) in [7, 11) is 8.36. The predicted octanol–water partition coefficient (Wildman–Crippen LogP) is 6.25. The van der Waals surface area contributed by atoms with E-state index in [4.69, 9.17) is 52.2 Å². The van der Waals surface area contributed by atoms with Crippen molar-refractivity contribution in [2.24, 2.45) is 12.0 Å². The summed E-state index contributed by atoms with van der Waals surface area (Å²) in [5, 5.41) is 6.48. The Morgan fingerprint density at radius 2 is 1.46 bits per heavy atom. The molecule has 0 atom stereocenters. The Morgan fingerprint density at radius 1 is 0.857 bits per heavy atom. The summed E-state index contributed by atoms with van der Waals surface area (Å²) in [6.45, 7) is 0. The minimum Gasteiger partial charge on any atom is -0.496 e. The van der Waals surface area contributed by atoms with Crippen LogP contribution in [0.2, 0.25) is 10.0 Å². The largest absolute Gasteiger partial charge is 0.496 e. The van der Waals surface area contributed by atoms with Crippen molar-refractivity contribution in [3.63, 3.8) is 0 Å². The normalized spacial score (nSPS) is 15.7. The van der Waals surface area contributed by atoms with Gasteiger partial charge in [0.15, 0.2) is 10.8 Å². The second kappa shape index (κ2) is 10.7. The molecule has 2 aromatic carbocycles. The molecule has 1 aromatic heterocycles. The number of rotatable bonds is 7. The van der Waals surface area contributed by atoms with Gasteiger partial charge < -0.3 is 18.9 Å². The van der Waals surface area contributed by atoms with Gasteiger partial charge in [-0.3, -0.25) is 0 Å². The van der Waals surface area contributed by atoms with Gasteiger partial charge in [-0.2, -0.15) is 5.10 Å². The highest BCUT2D eigenvalue weighted by Gasteiger charge is 2.40. The number of hydrogen-bond acceptors (Lipinski definition) is 7. The minimum atomic E-state index is -0.566. The maximum absolute atomic E-state index is 6.56.